The van der Waals surface area contributed by atoms with Crippen molar-refractivity contribution in [2.75, 3.05) is 26.2 Å². The third-order valence-corrected chi connectivity index (χ3v) is 6.64. The van der Waals surface area contributed by atoms with E-state index in [4.69, 9.17) is 15.9 Å². The maximum atomic E-state index is 12.6. The summed E-state index contributed by atoms with van der Waals surface area (Å²) in [6.07, 6.45) is 3.23. The quantitative estimate of drug-likeness (QED) is 0.715. The van der Waals surface area contributed by atoms with Gasteiger partial charge in [0.2, 0.25) is 11.0 Å². The lowest BCUT2D eigenvalue weighted by molar-refractivity contribution is -0.138. The molecule has 0 spiro atoms. The number of amides is 2. The molecule has 2 heterocycles. The minimum absolute atomic E-state index is 0. The molecule has 3 rings (SSSR count). The number of primary amides is 1. The van der Waals surface area contributed by atoms with Crippen LogP contribution >= 0.6 is 12.4 Å². The number of piperazine rings is 1. The highest BCUT2D eigenvalue weighted by atomic mass is 35.5. The van der Waals surface area contributed by atoms with Crippen LogP contribution in [0.1, 0.15) is 36.2 Å². The summed E-state index contributed by atoms with van der Waals surface area (Å²) in [5.74, 6) is -1.14. The molecule has 1 aromatic rings. The summed E-state index contributed by atoms with van der Waals surface area (Å²) in [5, 5.41) is -0.327. The van der Waals surface area contributed by atoms with Crippen molar-refractivity contribution in [1.82, 2.24) is 9.21 Å². The van der Waals surface area contributed by atoms with E-state index in [0.717, 1.165) is 12.8 Å². The predicted molar refractivity (Wildman–Crippen MR) is 95.2 cm³/mol. The summed E-state index contributed by atoms with van der Waals surface area (Å²) in [6, 6.07) is 2.44. The summed E-state index contributed by atoms with van der Waals surface area (Å²) >= 11 is 0. The van der Waals surface area contributed by atoms with Gasteiger partial charge >= 0.3 is 0 Å². The molecule has 1 saturated carbocycles. The number of halogens is 1. The van der Waals surface area contributed by atoms with Gasteiger partial charge in [0.15, 0.2) is 5.76 Å². The SMILES string of the molecule is Cl.NC(=O)c1ccc(S(=O)(=O)N2CCN(C(=O)C3(N)CCCC3)CC2)o1. The maximum Gasteiger partial charge on any atom is 0.284 e. The van der Waals surface area contributed by atoms with Crippen LogP contribution in [0.5, 0.6) is 0 Å². The minimum Gasteiger partial charge on any atom is -0.438 e. The molecule has 26 heavy (non-hydrogen) atoms. The first-order chi connectivity index (χ1) is 11.7. The highest BCUT2D eigenvalue weighted by Crippen LogP contribution is 2.29. The smallest absolute Gasteiger partial charge is 0.284 e. The van der Waals surface area contributed by atoms with Crippen molar-refractivity contribution in [3.05, 3.63) is 17.9 Å². The Hall–Kier alpha value is -1.62. The van der Waals surface area contributed by atoms with Gasteiger partial charge in [-0.15, -0.1) is 12.4 Å². The molecule has 1 aliphatic carbocycles. The van der Waals surface area contributed by atoms with Crippen molar-refractivity contribution in [1.29, 1.82) is 0 Å². The van der Waals surface area contributed by atoms with Gasteiger partial charge in [-0.05, 0) is 25.0 Å². The van der Waals surface area contributed by atoms with Crippen molar-refractivity contribution in [3.63, 3.8) is 0 Å². The largest absolute Gasteiger partial charge is 0.438 e. The molecule has 1 aromatic heterocycles. The number of rotatable bonds is 4. The Morgan fingerprint density at radius 2 is 1.65 bits per heavy atom. The normalized spacial score (nSPS) is 20.6. The maximum absolute atomic E-state index is 12.6. The Morgan fingerprint density at radius 1 is 1.08 bits per heavy atom. The average Bonchev–Trinajstić information content (AvgIpc) is 3.24. The number of nitrogens with zero attached hydrogens (tertiary/aromatic N) is 2. The number of nitrogens with two attached hydrogens (primary N) is 2. The van der Waals surface area contributed by atoms with E-state index >= 15 is 0 Å². The zero-order valence-corrected chi connectivity index (χ0v) is 15.9. The van der Waals surface area contributed by atoms with E-state index in [0.29, 0.717) is 12.8 Å². The Morgan fingerprint density at radius 3 is 2.15 bits per heavy atom. The highest BCUT2D eigenvalue weighted by Gasteiger charge is 2.41. The van der Waals surface area contributed by atoms with E-state index in [9.17, 15) is 18.0 Å². The molecule has 11 heteroatoms. The average molecular weight is 407 g/mol. The van der Waals surface area contributed by atoms with Crippen LogP contribution in [0.25, 0.3) is 0 Å². The molecular formula is C15H23ClN4O5S. The van der Waals surface area contributed by atoms with Gasteiger partial charge in [0.05, 0.1) is 5.54 Å². The number of carbonyl (C=O) groups excluding carboxylic acids is 2. The Labute approximate surface area is 158 Å². The van der Waals surface area contributed by atoms with Gasteiger partial charge in [0, 0.05) is 26.2 Å². The molecule has 0 atom stereocenters. The predicted octanol–water partition coefficient (Wildman–Crippen LogP) is -0.0953. The zero-order valence-electron chi connectivity index (χ0n) is 14.2. The first-order valence-electron chi connectivity index (χ1n) is 8.22. The van der Waals surface area contributed by atoms with Crippen LogP contribution in [0.4, 0.5) is 0 Å². The standard InChI is InChI=1S/C15H22N4O5S.ClH/c16-13(20)11-3-4-12(24-11)25(22,23)19-9-7-18(8-10-19)14(21)15(17)5-1-2-6-15;/h3-4H,1-2,5-10,17H2,(H2,16,20);1H. The molecular weight excluding hydrogens is 384 g/mol. The van der Waals surface area contributed by atoms with Crippen molar-refractivity contribution >= 4 is 34.2 Å². The van der Waals surface area contributed by atoms with Crippen LogP contribution in [-0.2, 0) is 14.8 Å². The molecule has 146 valence electrons. The van der Waals surface area contributed by atoms with Crippen molar-refractivity contribution in [3.8, 4) is 0 Å². The van der Waals surface area contributed by atoms with Crippen LogP contribution in [0, 0.1) is 0 Å². The third kappa shape index (κ3) is 3.73. The van der Waals surface area contributed by atoms with Crippen molar-refractivity contribution < 1.29 is 22.4 Å². The van der Waals surface area contributed by atoms with Crippen molar-refractivity contribution in [2.24, 2.45) is 11.5 Å². The fourth-order valence-corrected chi connectivity index (χ4v) is 4.72. The lowest BCUT2D eigenvalue weighted by Crippen LogP contribution is -2.59. The Balaban J connectivity index is 0.00000243. The summed E-state index contributed by atoms with van der Waals surface area (Å²) in [7, 11) is -3.87. The van der Waals surface area contributed by atoms with Gasteiger partial charge in [-0.25, -0.2) is 8.42 Å². The molecule has 0 aromatic carbocycles. The lowest BCUT2D eigenvalue weighted by Gasteiger charge is -2.37. The molecule has 0 radical (unpaired) electrons. The van der Waals surface area contributed by atoms with Gasteiger partial charge in [-0.3, -0.25) is 9.59 Å². The molecule has 2 aliphatic rings. The molecule has 2 fully saturated rings. The lowest BCUT2D eigenvalue weighted by atomic mass is 9.97. The van der Waals surface area contributed by atoms with Gasteiger partial charge in [-0.2, -0.15) is 4.31 Å². The van der Waals surface area contributed by atoms with E-state index in [1.54, 1.807) is 4.90 Å². The van der Waals surface area contributed by atoms with Gasteiger partial charge in [0.1, 0.15) is 0 Å². The van der Waals surface area contributed by atoms with Crippen LogP contribution in [0.15, 0.2) is 21.6 Å². The summed E-state index contributed by atoms with van der Waals surface area (Å²) in [4.78, 5) is 25.3. The first kappa shape index (κ1) is 20.7. The monoisotopic (exact) mass is 406 g/mol. The second-order valence-corrected chi connectivity index (χ2v) is 8.41. The second kappa shape index (κ2) is 7.55. The van der Waals surface area contributed by atoms with Crippen LogP contribution in [-0.4, -0.2) is 61.2 Å². The number of furan rings is 1. The summed E-state index contributed by atoms with van der Waals surface area (Å²) < 4.78 is 31.4. The number of sulfonamides is 1. The molecule has 0 bridgehead atoms. The number of hydrogen-bond donors (Lipinski definition) is 2. The molecule has 1 saturated heterocycles. The molecule has 4 N–H and O–H groups in total. The summed E-state index contributed by atoms with van der Waals surface area (Å²) in [6.45, 7) is 0.855. The molecule has 2 amide bonds. The fourth-order valence-electron chi connectivity index (χ4n) is 3.38. The molecule has 9 nitrogen and oxygen atoms in total. The Kier molecular flexibility index (Phi) is 6.01. The Bertz CT molecular complexity index is 780. The second-order valence-electron chi connectivity index (χ2n) is 6.54. The third-order valence-electron chi connectivity index (χ3n) is 4.87. The first-order valence-corrected chi connectivity index (χ1v) is 9.66. The van der Waals surface area contributed by atoms with Gasteiger partial charge < -0.3 is 20.8 Å². The van der Waals surface area contributed by atoms with E-state index in [1.807, 2.05) is 0 Å². The van der Waals surface area contributed by atoms with E-state index in [2.05, 4.69) is 0 Å². The zero-order chi connectivity index (χ0) is 18.2. The van der Waals surface area contributed by atoms with Crippen LogP contribution in [0.3, 0.4) is 0 Å². The minimum atomic E-state index is -3.87. The van der Waals surface area contributed by atoms with Crippen LogP contribution < -0.4 is 11.5 Å². The summed E-state index contributed by atoms with van der Waals surface area (Å²) in [5.41, 5.74) is 10.5. The topological polar surface area (TPSA) is 140 Å². The highest BCUT2D eigenvalue weighted by molar-refractivity contribution is 7.89. The number of hydrogen-bond acceptors (Lipinski definition) is 6. The van der Waals surface area contributed by atoms with E-state index in [-0.39, 0.29) is 55.3 Å². The van der Waals surface area contributed by atoms with Crippen molar-refractivity contribution in [2.45, 2.75) is 36.3 Å². The van der Waals surface area contributed by atoms with E-state index < -0.39 is 21.5 Å². The number of carbonyl (C=O) groups is 2. The molecule has 1 aliphatic heterocycles. The molecule has 0 unspecified atom stereocenters. The fraction of sp³-hybridized carbons (Fsp3) is 0.600. The van der Waals surface area contributed by atoms with Gasteiger partial charge in [-0.1, -0.05) is 12.8 Å². The van der Waals surface area contributed by atoms with E-state index in [1.165, 1.54) is 16.4 Å². The van der Waals surface area contributed by atoms with Gasteiger partial charge in [0.25, 0.3) is 15.9 Å². The van der Waals surface area contributed by atoms with Crippen LogP contribution in [0.2, 0.25) is 0 Å².